The van der Waals surface area contributed by atoms with Crippen molar-refractivity contribution in [2.75, 3.05) is 26.2 Å². The summed E-state index contributed by atoms with van der Waals surface area (Å²) in [5.41, 5.74) is 8.27. The molecule has 0 spiro atoms. The Kier molecular flexibility index (Phi) is 6.46. The van der Waals surface area contributed by atoms with Crippen LogP contribution >= 0.6 is 12.4 Å². The number of nitrogens with two attached hydrogens (primary N) is 1. The number of aryl methyl sites for hydroxylation is 1. The Hall–Kier alpha value is -1.10. The third kappa shape index (κ3) is 4.47. The van der Waals surface area contributed by atoms with Gasteiger partial charge < -0.3 is 10.6 Å². The largest absolute Gasteiger partial charge is 0.339 e. The van der Waals surface area contributed by atoms with Crippen LogP contribution in [0.3, 0.4) is 0 Å². The quantitative estimate of drug-likeness (QED) is 0.918. The Balaban J connectivity index is 0.00000200. The highest BCUT2D eigenvalue weighted by atomic mass is 35.5. The van der Waals surface area contributed by atoms with Crippen LogP contribution in [0.2, 0.25) is 0 Å². The third-order valence-corrected chi connectivity index (χ3v) is 3.56. The van der Waals surface area contributed by atoms with Crippen LogP contribution in [-0.4, -0.2) is 47.9 Å². The van der Waals surface area contributed by atoms with E-state index in [2.05, 4.69) is 36.1 Å². The van der Waals surface area contributed by atoms with E-state index in [0.29, 0.717) is 0 Å². The third-order valence-electron chi connectivity index (χ3n) is 3.56. The number of benzene rings is 1. The first-order valence-electron chi connectivity index (χ1n) is 6.88. The summed E-state index contributed by atoms with van der Waals surface area (Å²) in [6.45, 7) is 8.24. The molecule has 2 N–H and O–H groups in total. The summed E-state index contributed by atoms with van der Waals surface area (Å²) >= 11 is 0. The molecule has 5 heteroatoms. The summed E-state index contributed by atoms with van der Waals surface area (Å²) in [4.78, 5) is 16.1. The Bertz CT molecular complexity index is 442. The fourth-order valence-corrected chi connectivity index (χ4v) is 2.48. The Labute approximate surface area is 127 Å². The highest BCUT2D eigenvalue weighted by Gasteiger charge is 2.22. The number of carbonyl (C=O) groups is 1. The molecule has 0 bridgehead atoms. The van der Waals surface area contributed by atoms with E-state index in [4.69, 9.17) is 5.73 Å². The van der Waals surface area contributed by atoms with E-state index in [1.165, 1.54) is 11.1 Å². The van der Waals surface area contributed by atoms with E-state index < -0.39 is 0 Å². The molecule has 1 heterocycles. The molecule has 2 rings (SSSR count). The first kappa shape index (κ1) is 17.0. The van der Waals surface area contributed by atoms with Crippen molar-refractivity contribution in [3.63, 3.8) is 0 Å². The van der Waals surface area contributed by atoms with Crippen molar-refractivity contribution in [1.82, 2.24) is 9.80 Å². The lowest BCUT2D eigenvalue weighted by molar-refractivity contribution is -0.134. The molecule has 0 aliphatic carbocycles. The molecule has 0 saturated carbocycles. The Morgan fingerprint density at radius 3 is 2.50 bits per heavy atom. The highest BCUT2D eigenvalue weighted by Crippen LogP contribution is 2.10. The van der Waals surface area contributed by atoms with Gasteiger partial charge in [-0.05, 0) is 19.4 Å². The van der Waals surface area contributed by atoms with Crippen LogP contribution in [-0.2, 0) is 11.3 Å². The lowest BCUT2D eigenvalue weighted by atomic mass is 10.1. The molecule has 0 radical (unpaired) electrons. The fraction of sp³-hybridized carbons (Fsp3) is 0.533. The summed E-state index contributed by atoms with van der Waals surface area (Å²) < 4.78 is 0. The van der Waals surface area contributed by atoms with Crippen molar-refractivity contribution in [3.8, 4) is 0 Å². The average Bonchev–Trinajstić information content (AvgIpc) is 2.39. The second-order valence-electron chi connectivity index (χ2n) is 5.38. The van der Waals surface area contributed by atoms with Gasteiger partial charge in [0.15, 0.2) is 0 Å². The number of hydrogen-bond donors (Lipinski definition) is 1. The van der Waals surface area contributed by atoms with E-state index in [-0.39, 0.29) is 24.4 Å². The van der Waals surface area contributed by atoms with E-state index in [1.54, 1.807) is 6.92 Å². The second kappa shape index (κ2) is 7.62. The number of carbonyl (C=O) groups excluding carboxylic acids is 1. The summed E-state index contributed by atoms with van der Waals surface area (Å²) in [7, 11) is 0. The molecule has 0 aromatic heterocycles. The van der Waals surface area contributed by atoms with Crippen LogP contribution in [0.25, 0.3) is 0 Å². The van der Waals surface area contributed by atoms with Crippen LogP contribution in [0.1, 0.15) is 18.1 Å². The van der Waals surface area contributed by atoms with Crippen molar-refractivity contribution < 1.29 is 4.79 Å². The molecule has 1 aliphatic heterocycles. The van der Waals surface area contributed by atoms with Crippen LogP contribution < -0.4 is 5.73 Å². The van der Waals surface area contributed by atoms with Gasteiger partial charge in [-0.25, -0.2) is 0 Å². The highest BCUT2D eigenvalue weighted by molar-refractivity contribution is 5.85. The molecular formula is C15H24ClN3O. The van der Waals surface area contributed by atoms with E-state index in [1.807, 2.05) is 4.90 Å². The summed E-state index contributed by atoms with van der Waals surface area (Å²) in [5.74, 6) is 0.0650. The topological polar surface area (TPSA) is 49.6 Å². The molecule has 1 fully saturated rings. The molecule has 1 amide bonds. The minimum atomic E-state index is -0.386. The van der Waals surface area contributed by atoms with Gasteiger partial charge in [0, 0.05) is 32.7 Å². The van der Waals surface area contributed by atoms with Crippen molar-refractivity contribution in [2.45, 2.75) is 26.4 Å². The molecule has 1 aromatic carbocycles. The standard InChI is InChI=1S/C15H23N3O.ClH/c1-12-4-3-5-14(10-12)11-17-6-8-18(9-7-17)15(19)13(2)16;/h3-5,10,13H,6-9,11,16H2,1-2H3;1H. The maximum Gasteiger partial charge on any atom is 0.239 e. The molecule has 1 atom stereocenters. The molecule has 1 unspecified atom stereocenters. The van der Waals surface area contributed by atoms with Gasteiger partial charge in [0.2, 0.25) is 5.91 Å². The van der Waals surface area contributed by atoms with Gasteiger partial charge in [-0.1, -0.05) is 29.8 Å². The van der Waals surface area contributed by atoms with Gasteiger partial charge in [-0.15, -0.1) is 12.4 Å². The Morgan fingerprint density at radius 2 is 1.95 bits per heavy atom. The van der Waals surface area contributed by atoms with Crippen LogP contribution in [0.5, 0.6) is 0 Å². The minimum absolute atomic E-state index is 0. The first-order chi connectivity index (χ1) is 9.06. The van der Waals surface area contributed by atoms with E-state index in [9.17, 15) is 4.79 Å². The average molecular weight is 298 g/mol. The van der Waals surface area contributed by atoms with Crippen molar-refractivity contribution in [1.29, 1.82) is 0 Å². The van der Waals surface area contributed by atoms with Crippen molar-refractivity contribution in [2.24, 2.45) is 5.73 Å². The normalized spacial score (nSPS) is 17.4. The van der Waals surface area contributed by atoms with Crippen LogP contribution in [0.4, 0.5) is 0 Å². The summed E-state index contributed by atoms with van der Waals surface area (Å²) in [5, 5.41) is 0. The van der Waals surface area contributed by atoms with Gasteiger partial charge in [-0.2, -0.15) is 0 Å². The predicted octanol–water partition coefficient (Wildman–Crippen LogP) is 1.41. The minimum Gasteiger partial charge on any atom is -0.339 e. The molecule has 1 aromatic rings. The zero-order valence-electron chi connectivity index (χ0n) is 12.2. The van der Waals surface area contributed by atoms with Gasteiger partial charge in [-0.3, -0.25) is 9.69 Å². The summed E-state index contributed by atoms with van der Waals surface area (Å²) in [6, 6.07) is 8.21. The van der Waals surface area contributed by atoms with Gasteiger partial charge in [0.05, 0.1) is 6.04 Å². The predicted molar refractivity (Wildman–Crippen MR) is 83.9 cm³/mol. The SMILES string of the molecule is Cc1cccc(CN2CCN(C(=O)C(C)N)CC2)c1.Cl. The second-order valence-corrected chi connectivity index (χ2v) is 5.38. The first-order valence-corrected chi connectivity index (χ1v) is 6.88. The molecule has 4 nitrogen and oxygen atoms in total. The van der Waals surface area contributed by atoms with Gasteiger partial charge in [0.25, 0.3) is 0 Å². The Morgan fingerprint density at radius 1 is 1.30 bits per heavy atom. The van der Waals surface area contributed by atoms with E-state index in [0.717, 1.165) is 32.7 Å². The molecule has 112 valence electrons. The zero-order chi connectivity index (χ0) is 13.8. The smallest absolute Gasteiger partial charge is 0.239 e. The van der Waals surface area contributed by atoms with Gasteiger partial charge in [0.1, 0.15) is 0 Å². The van der Waals surface area contributed by atoms with E-state index >= 15 is 0 Å². The van der Waals surface area contributed by atoms with Crippen LogP contribution in [0, 0.1) is 6.92 Å². The number of nitrogens with zero attached hydrogens (tertiary/aromatic N) is 2. The number of piperazine rings is 1. The van der Waals surface area contributed by atoms with Gasteiger partial charge >= 0.3 is 0 Å². The fourth-order valence-electron chi connectivity index (χ4n) is 2.48. The molecule has 1 saturated heterocycles. The van der Waals surface area contributed by atoms with Crippen molar-refractivity contribution >= 4 is 18.3 Å². The number of rotatable bonds is 3. The molecule has 20 heavy (non-hydrogen) atoms. The number of hydrogen-bond acceptors (Lipinski definition) is 3. The van der Waals surface area contributed by atoms with Crippen LogP contribution in [0.15, 0.2) is 24.3 Å². The summed E-state index contributed by atoms with van der Waals surface area (Å²) in [6.07, 6.45) is 0. The zero-order valence-corrected chi connectivity index (χ0v) is 13.0. The number of amides is 1. The lowest BCUT2D eigenvalue weighted by Crippen LogP contribution is -2.52. The maximum absolute atomic E-state index is 11.8. The van der Waals surface area contributed by atoms with Crippen molar-refractivity contribution in [3.05, 3.63) is 35.4 Å². The number of halogens is 1. The molecular weight excluding hydrogens is 274 g/mol. The molecule has 1 aliphatic rings. The lowest BCUT2D eigenvalue weighted by Gasteiger charge is -2.35. The monoisotopic (exact) mass is 297 g/mol. The maximum atomic E-state index is 11.8.